The first kappa shape index (κ1) is 15.9. The average molecular weight is 339 g/mol. The van der Waals surface area contributed by atoms with E-state index in [2.05, 4.69) is 17.2 Å². The van der Waals surface area contributed by atoms with Gasteiger partial charge < -0.3 is 10.0 Å². The Labute approximate surface area is 146 Å². The Bertz CT molecular complexity index is 764. The first-order chi connectivity index (χ1) is 12.1. The van der Waals surface area contributed by atoms with E-state index in [1.54, 1.807) is 18.5 Å². The Morgan fingerprint density at radius 1 is 1.12 bits per heavy atom. The molecule has 1 aliphatic carbocycles. The number of piperidine rings is 1. The lowest BCUT2D eigenvalue weighted by atomic mass is 9.87. The number of carboxylic acids is 1. The molecule has 2 heterocycles. The van der Waals surface area contributed by atoms with Gasteiger partial charge in [0.2, 0.25) is 5.91 Å². The van der Waals surface area contributed by atoms with Crippen molar-refractivity contribution in [1.82, 2.24) is 14.7 Å². The molecule has 1 amide bonds. The van der Waals surface area contributed by atoms with Gasteiger partial charge in [0.15, 0.2) is 5.54 Å². The molecule has 25 heavy (non-hydrogen) atoms. The maximum Gasteiger partial charge on any atom is 0.331 e. The van der Waals surface area contributed by atoms with Gasteiger partial charge in [-0.3, -0.25) is 9.48 Å². The van der Waals surface area contributed by atoms with Crippen LogP contribution in [0.4, 0.5) is 0 Å². The number of amides is 1. The quantitative estimate of drug-likeness (QED) is 0.925. The summed E-state index contributed by atoms with van der Waals surface area (Å²) in [6, 6.07) is 11.9. The molecule has 2 aromatic rings. The highest BCUT2D eigenvalue weighted by molar-refractivity contribution is 5.84. The predicted molar refractivity (Wildman–Crippen MR) is 90.9 cm³/mol. The Morgan fingerprint density at radius 3 is 2.44 bits per heavy atom. The van der Waals surface area contributed by atoms with Gasteiger partial charge in [0.1, 0.15) is 0 Å². The highest BCUT2D eigenvalue weighted by Gasteiger charge is 2.49. The van der Waals surface area contributed by atoms with Crippen molar-refractivity contribution in [2.24, 2.45) is 5.92 Å². The highest BCUT2D eigenvalue weighted by Crippen LogP contribution is 2.48. The van der Waals surface area contributed by atoms with E-state index in [0.29, 0.717) is 31.8 Å². The molecule has 2 atom stereocenters. The molecule has 0 bridgehead atoms. The summed E-state index contributed by atoms with van der Waals surface area (Å²) in [5.41, 5.74) is 0.178. The van der Waals surface area contributed by atoms with Gasteiger partial charge in [0.25, 0.3) is 0 Å². The van der Waals surface area contributed by atoms with Crippen molar-refractivity contribution in [2.75, 3.05) is 13.1 Å². The van der Waals surface area contributed by atoms with E-state index in [4.69, 9.17) is 0 Å². The van der Waals surface area contributed by atoms with Gasteiger partial charge in [-0.25, -0.2) is 4.79 Å². The molecule has 1 saturated carbocycles. The van der Waals surface area contributed by atoms with Gasteiger partial charge in [-0.05, 0) is 24.0 Å². The van der Waals surface area contributed by atoms with E-state index in [0.717, 1.165) is 6.42 Å². The Morgan fingerprint density at radius 2 is 1.84 bits per heavy atom. The molecule has 2 fully saturated rings. The standard InChI is InChI=1S/C19H21N3O3/c23-17(16-13-15(16)14-5-2-1-3-6-14)21-11-7-19(8-12-21,18(24)25)22-10-4-9-20-22/h1-6,9-10,15-16H,7-8,11-13H2,(H,24,25)/t15-,16+/m0/s1. The van der Waals surface area contributed by atoms with Crippen LogP contribution in [-0.4, -0.2) is 44.8 Å². The van der Waals surface area contributed by atoms with Crippen LogP contribution in [0, 0.1) is 5.92 Å². The SMILES string of the molecule is O=C([C@@H]1C[C@H]1c1ccccc1)N1CCC(C(=O)O)(n2cccn2)CC1. The third-order valence-corrected chi connectivity index (χ3v) is 5.58. The first-order valence-corrected chi connectivity index (χ1v) is 8.69. The minimum atomic E-state index is -1.04. The minimum Gasteiger partial charge on any atom is -0.479 e. The Hall–Kier alpha value is -2.63. The van der Waals surface area contributed by atoms with Crippen molar-refractivity contribution >= 4 is 11.9 Å². The number of carbonyl (C=O) groups is 2. The highest BCUT2D eigenvalue weighted by atomic mass is 16.4. The number of nitrogens with zero attached hydrogens (tertiary/aromatic N) is 3. The molecule has 130 valence electrons. The summed E-state index contributed by atoms with van der Waals surface area (Å²) in [6.45, 7) is 0.923. The molecule has 1 aromatic carbocycles. The molecule has 2 aliphatic rings. The fourth-order valence-corrected chi connectivity index (χ4v) is 3.93. The molecule has 1 N–H and O–H groups in total. The van der Waals surface area contributed by atoms with Crippen LogP contribution in [0.25, 0.3) is 0 Å². The van der Waals surface area contributed by atoms with Crippen LogP contribution in [0.3, 0.4) is 0 Å². The third kappa shape index (κ3) is 2.71. The fraction of sp³-hybridized carbons (Fsp3) is 0.421. The topological polar surface area (TPSA) is 75.4 Å². The number of carbonyl (C=O) groups excluding carboxylic acids is 1. The summed E-state index contributed by atoms with van der Waals surface area (Å²) < 4.78 is 1.53. The van der Waals surface area contributed by atoms with Crippen LogP contribution in [0.2, 0.25) is 0 Å². The second-order valence-electron chi connectivity index (χ2n) is 6.97. The van der Waals surface area contributed by atoms with Crippen molar-refractivity contribution < 1.29 is 14.7 Å². The molecule has 0 spiro atoms. The maximum atomic E-state index is 12.8. The molecule has 1 aromatic heterocycles. The molecule has 1 aliphatic heterocycles. The summed E-state index contributed by atoms with van der Waals surface area (Å²) in [4.78, 5) is 26.5. The maximum absolute atomic E-state index is 12.8. The smallest absolute Gasteiger partial charge is 0.331 e. The molecule has 6 heteroatoms. The van der Waals surface area contributed by atoms with Gasteiger partial charge in [-0.1, -0.05) is 30.3 Å². The van der Waals surface area contributed by atoms with Gasteiger partial charge in [0, 0.05) is 44.2 Å². The number of hydrogen-bond donors (Lipinski definition) is 1. The zero-order chi connectivity index (χ0) is 17.4. The van der Waals surface area contributed by atoms with Gasteiger partial charge in [-0.15, -0.1) is 0 Å². The average Bonchev–Trinajstić information content (AvgIpc) is 3.26. The molecular weight excluding hydrogens is 318 g/mol. The monoisotopic (exact) mass is 339 g/mol. The largest absolute Gasteiger partial charge is 0.479 e. The number of hydrogen-bond acceptors (Lipinski definition) is 3. The van der Waals surface area contributed by atoms with Gasteiger partial charge >= 0.3 is 5.97 Å². The van der Waals surface area contributed by atoms with E-state index >= 15 is 0 Å². The minimum absolute atomic E-state index is 0.0458. The Balaban J connectivity index is 1.42. The van der Waals surface area contributed by atoms with Crippen molar-refractivity contribution in [2.45, 2.75) is 30.7 Å². The lowest BCUT2D eigenvalue weighted by Crippen LogP contribution is -2.52. The number of likely N-dealkylation sites (tertiary alicyclic amines) is 1. The summed E-state index contributed by atoms with van der Waals surface area (Å²) >= 11 is 0. The van der Waals surface area contributed by atoms with Crippen molar-refractivity contribution in [3.05, 3.63) is 54.4 Å². The van der Waals surface area contributed by atoms with Crippen LogP contribution in [-0.2, 0) is 15.1 Å². The zero-order valence-corrected chi connectivity index (χ0v) is 13.9. The molecule has 1 saturated heterocycles. The summed E-state index contributed by atoms with van der Waals surface area (Å²) in [7, 11) is 0. The van der Waals surface area contributed by atoms with E-state index in [1.165, 1.54) is 10.2 Å². The van der Waals surface area contributed by atoms with Crippen LogP contribution < -0.4 is 0 Å². The zero-order valence-electron chi connectivity index (χ0n) is 13.9. The third-order valence-electron chi connectivity index (χ3n) is 5.58. The normalized spacial score (nSPS) is 24.7. The molecule has 4 rings (SSSR count). The number of carboxylic acid groups (broad SMARTS) is 1. The number of aliphatic carboxylic acids is 1. The number of benzene rings is 1. The molecule has 6 nitrogen and oxygen atoms in total. The number of rotatable bonds is 4. The molecular formula is C19H21N3O3. The van der Waals surface area contributed by atoms with Crippen molar-refractivity contribution in [1.29, 1.82) is 0 Å². The van der Waals surface area contributed by atoms with Crippen molar-refractivity contribution in [3.8, 4) is 0 Å². The van der Waals surface area contributed by atoms with Crippen LogP contribution in [0.1, 0.15) is 30.7 Å². The second-order valence-corrected chi connectivity index (χ2v) is 6.97. The Kier molecular flexibility index (Phi) is 3.82. The summed E-state index contributed by atoms with van der Waals surface area (Å²) in [5, 5.41) is 13.9. The molecule has 0 unspecified atom stereocenters. The second kappa shape index (κ2) is 6.02. The van der Waals surface area contributed by atoms with Crippen LogP contribution in [0.5, 0.6) is 0 Å². The van der Waals surface area contributed by atoms with Crippen molar-refractivity contribution in [3.63, 3.8) is 0 Å². The predicted octanol–water partition coefficient (Wildman–Crippen LogP) is 2.09. The fourth-order valence-electron chi connectivity index (χ4n) is 3.93. The summed E-state index contributed by atoms with van der Waals surface area (Å²) in [6.07, 6.45) is 4.95. The van der Waals surface area contributed by atoms with E-state index in [-0.39, 0.29) is 11.8 Å². The van der Waals surface area contributed by atoms with E-state index in [9.17, 15) is 14.7 Å². The van der Waals surface area contributed by atoms with Crippen LogP contribution >= 0.6 is 0 Å². The van der Waals surface area contributed by atoms with Crippen LogP contribution in [0.15, 0.2) is 48.8 Å². The molecule has 0 radical (unpaired) electrons. The van der Waals surface area contributed by atoms with Gasteiger partial charge in [0.05, 0.1) is 0 Å². The van der Waals surface area contributed by atoms with Gasteiger partial charge in [-0.2, -0.15) is 5.10 Å². The van der Waals surface area contributed by atoms with E-state index in [1.807, 2.05) is 23.1 Å². The first-order valence-electron chi connectivity index (χ1n) is 8.69. The lowest BCUT2D eigenvalue weighted by Gasteiger charge is -2.39. The lowest BCUT2D eigenvalue weighted by molar-refractivity contribution is -0.153. The van der Waals surface area contributed by atoms with E-state index < -0.39 is 11.5 Å². The number of aromatic nitrogens is 2. The summed E-state index contributed by atoms with van der Waals surface area (Å²) in [5.74, 6) is -0.361.